The summed E-state index contributed by atoms with van der Waals surface area (Å²) in [7, 11) is -3.77. The second-order valence-corrected chi connectivity index (χ2v) is 9.87. The Morgan fingerprint density at radius 3 is 2.48 bits per heavy atom. The Morgan fingerprint density at radius 2 is 1.89 bits per heavy atom. The van der Waals surface area contributed by atoms with Gasteiger partial charge in [-0.1, -0.05) is 12.1 Å². The first-order valence-electron chi connectivity index (χ1n) is 8.26. The van der Waals surface area contributed by atoms with Gasteiger partial charge < -0.3 is 5.32 Å². The topological polar surface area (TPSA) is 83.6 Å². The molecule has 1 fully saturated rings. The molecule has 1 aliphatic rings. The Labute approximate surface area is 166 Å². The lowest BCUT2D eigenvalue weighted by Gasteiger charge is -2.18. The minimum Gasteiger partial charge on any atom is -0.321 e. The van der Waals surface area contributed by atoms with Crippen LogP contribution in [0.2, 0.25) is 0 Å². The lowest BCUT2D eigenvalue weighted by Crippen LogP contribution is -2.33. The molecule has 2 aromatic carbocycles. The van der Waals surface area contributed by atoms with Gasteiger partial charge in [-0.25, -0.2) is 12.7 Å². The summed E-state index contributed by atoms with van der Waals surface area (Å²) >= 11 is 3.40. The van der Waals surface area contributed by atoms with Gasteiger partial charge in [0.25, 0.3) is 5.91 Å². The first-order chi connectivity index (χ1) is 12.5. The third kappa shape index (κ3) is 3.77. The number of carbonyl (C=O) groups excluding carboxylic acids is 2. The fourth-order valence-electron chi connectivity index (χ4n) is 2.95. The van der Waals surface area contributed by atoms with Crippen molar-refractivity contribution >= 4 is 49.1 Å². The molecule has 0 atom stereocenters. The minimum absolute atomic E-state index is 0.168. The third-order valence-electron chi connectivity index (χ3n) is 4.30. The van der Waals surface area contributed by atoms with Gasteiger partial charge in [0.1, 0.15) is 0 Å². The number of rotatable bonds is 3. The van der Waals surface area contributed by atoms with Crippen LogP contribution in [0.25, 0.3) is 0 Å². The average Bonchev–Trinajstić information content (AvgIpc) is 2.73. The van der Waals surface area contributed by atoms with Gasteiger partial charge in [0, 0.05) is 10.0 Å². The van der Waals surface area contributed by atoms with Crippen LogP contribution in [0.3, 0.4) is 0 Å². The summed E-state index contributed by atoms with van der Waals surface area (Å²) < 4.78 is 26.4. The van der Waals surface area contributed by atoms with Crippen molar-refractivity contribution in [2.45, 2.75) is 20.8 Å². The Morgan fingerprint density at radius 1 is 1.19 bits per heavy atom. The number of amides is 2. The van der Waals surface area contributed by atoms with Crippen molar-refractivity contribution in [2.24, 2.45) is 5.41 Å². The van der Waals surface area contributed by atoms with E-state index in [1.54, 1.807) is 32.0 Å². The molecule has 3 rings (SSSR count). The smallest absolute Gasteiger partial charge is 0.255 e. The Bertz CT molecular complexity index is 1050. The number of benzene rings is 2. The maximum atomic E-state index is 12.6. The van der Waals surface area contributed by atoms with E-state index in [9.17, 15) is 18.0 Å². The molecule has 0 aliphatic carbocycles. The molecule has 0 radical (unpaired) electrons. The summed E-state index contributed by atoms with van der Waals surface area (Å²) in [5.74, 6) is -1.16. The normalized spacial score (nSPS) is 17.8. The molecular weight excluding hydrogens is 432 g/mol. The first kappa shape index (κ1) is 19.6. The molecule has 0 spiro atoms. The van der Waals surface area contributed by atoms with E-state index < -0.39 is 27.3 Å². The Kier molecular flexibility index (Phi) is 4.90. The van der Waals surface area contributed by atoms with Crippen molar-refractivity contribution in [1.29, 1.82) is 0 Å². The zero-order valence-electron chi connectivity index (χ0n) is 15.1. The van der Waals surface area contributed by atoms with Crippen LogP contribution in [-0.4, -0.2) is 26.0 Å². The molecule has 0 saturated carbocycles. The summed E-state index contributed by atoms with van der Waals surface area (Å²) in [6, 6.07) is 11.6. The summed E-state index contributed by atoms with van der Waals surface area (Å²) in [5, 5.41) is 2.78. The van der Waals surface area contributed by atoms with E-state index in [1.807, 2.05) is 19.1 Å². The van der Waals surface area contributed by atoms with E-state index >= 15 is 0 Å². The zero-order chi connectivity index (χ0) is 20.0. The van der Waals surface area contributed by atoms with Crippen LogP contribution in [0.5, 0.6) is 0 Å². The molecule has 6 nitrogen and oxygen atoms in total. The number of nitrogens with zero attached hydrogens (tertiary/aromatic N) is 1. The largest absolute Gasteiger partial charge is 0.321 e. The van der Waals surface area contributed by atoms with Gasteiger partial charge in [0.2, 0.25) is 15.9 Å². The Balaban J connectivity index is 1.92. The molecular formula is C19H19BrN2O4S. The molecule has 8 heteroatoms. The molecule has 27 heavy (non-hydrogen) atoms. The summed E-state index contributed by atoms with van der Waals surface area (Å²) in [5.41, 5.74) is 1.07. The second-order valence-electron chi connectivity index (χ2n) is 7.20. The van der Waals surface area contributed by atoms with E-state index in [-0.39, 0.29) is 17.0 Å². The van der Waals surface area contributed by atoms with Crippen molar-refractivity contribution in [3.05, 3.63) is 58.1 Å². The number of nitrogens with one attached hydrogen (secondary N) is 1. The molecule has 1 saturated heterocycles. The lowest BCUT2D eigenvalue weighted by molar-refractivity contribution is -0.123. The lowest BCUT2D eigenvalue weighted by atomic mass is 9.95. The molecule has 0 aromatic heterocycles. The van der Waals surface area contributed by atoms with Crippen molar-refractivity contribution in [3.63, 3.8) is 0 Å². The number of sulfonamides is 1. The SMILES string of the molecule is Cc1ccc(NC(=O)c2cccc(N3C(=O)C(C)(C)CS3(=O)=O)c2)c(Br)c1. The molecule has 1 N–H and O–H groups in total. The molecule has 2 amide bonds. The van der Waals surface area contributed by atoms with E-state index in [0.29, 0.717) is 5.69 Å². The maximum absolute atomic E-state index is 12.6. The number of hydrogen-bond acceptors (Lipinski definition) is 4. The van der Waals surface area contributed by atoms with Gasteiger partial charge in [-0.15, -0.1) is 0 Å². The Hall–Kier alpha value is -2.19. The highest BCUT2D eigenvalue weighted by atomic mass is 79.9. The minimum atomic E-state index is -3.77. The molecule has 2 aromatic rings. The highest BCUT2D eigenvalue weighted by molar-refractivity contribution is 9.10. The number of aryl methyl sites for hydroxylation is 1. The van der Waals surface area contributed by atoms with E-state index in [2.05, 4.69) is 21.2 Å². The van der Waals surface area contributed by atoms with Crippen LogP contribution in [0.1, 0.15) is 29.8 Å². The van der Waals surface area contributed by atoms with Gasteiger partial charge in [0.05, 0.1) is 22.5 Å². The van der Waals surface area contributed by atoms with Crippen molar-refractivity contribution in [3.8, 4) is 0 Å². The van der Waals surface area contributed by atoms with Gasteiger partial charge in [-0.05, 0) is 72.6 Å². The molecule has 1 heterocycles. The summed E-state index contributed by atoms with van der Waals surface area (Å²) in [4.78, 5) is 25.1. The van der Waals surface area contributed by atoms with E-state index in [0.717, 1.165) is 14.3 Å². The van der Waals surface area contributed by atoms with E-state index in [1.165, 1.54) is 12.1 Å². The summed E-state index contributed by atoms with van der Waals surface area (Å²) in [6.45, 7) is 5.13. The molecule has 0 bridgehead atoms. The maximum Gasteiger partial charge on any atom is 0.255 e. The van der Waals surface area contributed by atoms with Gasteiger partial charge >= 0.3 is 0 Å². The monoisotopic (exact) mass is 450 g/mol. The number of anilines is 2. The molecule has 0 unspecified atom stereocenters. The van der Waals surface area contributed by atoms with Gasteiger partial charge in [0.15, 0.2) is 0 Å². The van der Waals surface area contributed by atoms with Crippen LogP contribution < -0.4 is 9.62 Å². The van der Waals surface area contributed by atoms with E-state index in [4.69, 9.17) is 0 Å². The fourth-order valence-corrected chi connectivity index (χ4v) is 5.64. The first-order valence-corrected chi connectivity index (χ1v) is 10.7. The predicted molar refractivity (Wildman–Crippen MR) is 108 cm³/mol. The van der Waals surface area contributed by atoms with Gasteiger partial charge in [-0.2, -0.15) is 0 Å². The predicted octanol–water partition coefficient (Wildman–Crippen LogP) is 3.71. The van der Waals surface area contributed by atoms with Crippen molar-refractivity contribution < 1.29 is 18.0 Å². The van der Waals surface area contributed by atoms with Crippen LogP contribution in [0.4, 0.5) is 11.4 Å². The highest BCUT2D eigenvalue weighted by Crippen LogP contribution is 2.36. The fraction of sp³-hybridized carbons (Fsp3) is 0.263. The standard InChI is InChI=1S/C19H19BrN2O4S/c1-12-7-8-16(15(20)9-12)21-17(23)13-5-4-6-14(10-13)22-18(24)19(2,3)11-27(22,25)26/h4-10H,11H2,1-3H3,(H,21,23). The second kappa shape index (κ2) is 6.76. The van der Waals surface area contributed by atoms with Crippen molar-refractivity contribution in [1.82, 2.24) is 0 Å². The van der Waals surface area contributed by atoms with Crippen LogP contribution >= 0.6 is 15.9 Å². The van der Waals surface area contributed by atoms with Crippen LogP contribution in [0, 0.1) is 12.3 Å². The quantitative estimate of drug-likeness (QED) is 0.771. The number of carbonyl (C=O) groups is 2. The number of hydrogen-bond donors (Lipinski definition) is 1. The number of halogens is 1. The molecule has 1 aliphatic heterocycles. The third-order valence-corrected chi connectivity index (χ3v) is 6.98. The summed E-state index contributed by atoms with van der Waals surface area (Å²) in [6.07, 6.45) is 0. The highest BCUT2D eigenvalue weighted by Gasteiger charge is 2.49. The average molecular weight is 451 g/mol. The molecule has 142 valence electrons. The van der Waals surface area contributed by atoms with Crippen molar-refractivity contribution in [2.75, 3.05) is 15.4 Å². The van der Waals surface area contributed by atoms with Gasteiger partial charge in [-0.3, -0.25) is 9.59 Å². The van der Waals surface area contributed by atoms with Crippen LogP contribution in [-0.2, 0) is 14.8 Å². The zero-order valence-corrected chi connectivity index (χ0v) is 17.5. The van der Waals surface area contributed by atoms with Crippen LogP contribution in [0.15, 0.2) is 46.9 Å².